The first-order valence-corrected chi connectivity index (χ1v) is 7.93. The Morgan fingerprint density at radius 2 is 2.05 bits per heavy atom. The van der Waals surface area contributed by atoms with Crippen molar-refractivity contribution in [2.75, 3.05) is 13.1 Å². The summed E-state index contributed by atoms with van der Waals surface area (Å²) in [7, 11) is 0. The van der Waals surface area contributed by atoms with Gasteiger partial charge in [0.2, 0.25) is 5.91 Å². The van der Waals surface area contributed by atoms with E-state index in [2.05, 4.69) is 41.2 Å². The summed E-state index contributed by atoms with van der Waals surface area (Å²) in [4.78, 5) is 17.9. The molecule has 0 aliphatic rings. The van der Waals surface area contributed by atoms with Crippen LogP contribution < -0.4 is 5.73 Å². The SMILES string of the molecule is CC(C)CN(CC(N)=O)Cc1csc(-c2ccccc2)n1. The molecule has 0 saturated heterocycles. The molecule has 0 bridgehead atoms. The molecule has 0 fully saturated rings. The van der Waals surface area contributed by atoms with Crippen LogP contribution in [0.25, 0.3) is 10.6 Å². The summed E-state index contributed by atoms with van der Waals surface area (Å²) < 4.78 is 0. The molecule has 0 aliphatic heterocycles. The first-order chi connectivity index (χ1) is 10.0. The van der Waals surface area contributed by atoms with E-state index < -0.39 is 0 Å². The van der Waals surface area contributed by atoms with Crippen molar-refractivity contribution >= 4 is 17.2 Å². The summed E-state index contributed by atoms with van der Waals surface area (Å²) in [6.07, 6.45) is 0. The largest absolute Gasteiger partial charge is 0.369 e. The van der Waals surface area contributed by atoms with Crippen LogP contribution in [-0.4, -0.2) is 28.9 Å². The second-order valence-corrected chi connectivity index (χ2v) is 6.40. The van der Waals surface area contributed by atoms with E-state index in [9.17, 15) is 4.79 Å². The summed E-state index contributed by atoms with van der Waals surface area (Å²) in [6.45, 7) is 6.02. The van der Waals surface area contributed by atoms with Crippen molar-refractivity contribution < 1.29 is 4.79 Å². The van der Waals surface area contributed by atoms with Gasteiger partial charge in [0.15, 0.2) is 0 Å². The summed E-state index contributed by atoms with van der Waals surface area (Å²) in [5, 5.41) is 3.06. The molecule has 2 rings (SSSR count). The fraction of sp³-hybridized carbons (Fsp3) is 0.375. The lowest BCUT2D eigenvalue weighted by molar-refractivity contribution is -0.119. The zero-order valence-electron chi connectivity index (χ0n) is 12.5. The predicted octanol–water partition coefficient (Wildman–Crippen LogP) is 2.75. The van der Waals surface area contributed by atoms with Gasteiger partial charge in [-0.15, -0.1) is 11.3 Å². The molecule has 2 N–H and O–H groups in total. The van der Waals surface area contributed by atoms with Gasteiger partial charge < -0.3 is 5.73 Å². The third-order valence-corrected chi connectivity index (χ3v) is 3.90. The third kappa shape index (κ3) is 4.95. The topological polar surface area (TPSA) is 59.2 Å². The van der Waals surface area contributed by atoms with Crippen molar-refractivity contribution in [2.45, 2.75) is 20.4 Å². The lowest BCUT2D eigenvalue weighted by Crippen LogP contribution is -2.35. The summed E-state index contributed by atoms with van der Waals surface area (Å²) in [5.41, 5.74) is 7.43. The second kappa shape index (κ2) is 7.33. The number of aromatic nitrogens is 1. The van der Waals surface area contributed by atoms with Crippen molar-refractivity contribution in [1.29, 1.82) is 0 Å². The van der Waals surface area contributed by atoms with Crippen LogP contribution in [0.3, 0.4) is 0 Å². The first kappa shape index (κ1) is 15.7. The molecule has 0 radical (unpaired) electrons. The predicted molar refractivity (Wildman–Crippen MR) is 86.9 cm³/mol. The molecule has 4 nitrogen and oxygen atoms in total. The standard InChI is InChI=1S/C16H21N3OS/c1-12(2)8-19(10-15(17)20)9-14-11-21-16(18-14)13-6-4-3-5-7-13/h3-7,11-12H,8-10H2,1-2H3,(H2,17,20). The van der Waals surface area contributed by atoms with Crippen LogP contribution >= 0.6 is 11.3 Å². The highest BCUT2D eigenvalue weighted by Crippen LogP contribution is 2.23. The van der Waals surface area contributed by atoms with Gasteiger partial charge in [0.05, 0.1) is 12.2 Å². The third-order valence-electron chi connectivity index (χ3n) is 2.96. The number of carbonyl (C=O) groups excluding carboxylic acids is 1. The van der Waals surface area contributed by atoms with Crippen LogP contribution in [0, 0.1) is 5.92 Å². The number of nitrogens with two attached hydrogens (primary N) is 1. The van der Waals surface area contributed by atoms with Crippen LogP contribution in [0.15, 0.2) is 35.7 Å². The number of carbonyl (C=O) groups is 1. The van der Waals surface area contributed by atoms with E-state index in [4.69, 9.17) is 5.73 Å². The van der Waals surface area contributed by atoms with E-state index in [1.165, 1.54) is 0 Å². The molecule has 0 saturated carbocycles. The molecule has 1 amide bonds. The fourth-order valence-corrected chi connectivity index (χ4v) is 3.06. The Morgan fingerprint density at radius 3 is 2.67 bits per heavy atom. The normalized spacial score (nSPS) is 11.2. The van der Waals surface area contributed by atoms with E-state index in [-0.39, 0.29) is 12.5 Å². The van der Waals surface area contributed by atoms with Crippen LogP contribution in [0.4, 0.5) is 0 Å². The van der Waals surface area contributed by atoms with Gasteiger partial charge in [0.25, 0.3) is 0 Å². The Bertz CT molecular complexity index is 580. The van der Waals surface area contributed by atoms with Crippen LogP contribution in [0.1, 0.15) is 19.5 Å². The Labute approximate surface area is 129 Å². The van der Waals surface area contributed by atoms with Gasteiger partial charge in [-0.25, -0.2) is 4.98 Å². The average molecular weight is 303 g/mol. The van der Waals surface area contributed by atoms with Crippen molar-refractivity contribution in [2.24, 2.45) is 11.7 Å². The molecule has 1 aromatic heterocycles. The zero-order valence-corrected chi connectivity index (χ0v) is 13.3. The first-order valence-electron chi connectivity index (χ1n) is 7.05. The second-order valence-electron chi connectivity index (χ2n) is 5.54. The van der Waals surface area contributed by atoms with E-state index in [1.54, 1.807) is 11.3 Å². The molecular weight excluding hydrogens is 282 g/mol. The van der Waals surface area contributed by atoms with Crippen LogP contribution in [0.5, 0.6) is 0 Å². The molecule has 0 atom stereocenters. The van der Waals surface area contributed by atoms with Gasteiger partial charge in [-0.3, -0.25) is 9.69 Å². The lowest BCUT2D eigenvalue weighted by Gasteiger charge is -2.21. The number of hydrogen-bond acceptors (Lipinski definition) is 4. The number of rotatable bonds is 7. The highest BCUT2D eigenvalue weighted by molar-refractivity contribution is 7.13. The van der Waals surface area contributed by atoms with Crippen molar-refractivity contribution in [3.8, 4) is 10.6 Å². The molecule has 5 heteroatoms. The number of thiazole rings is 1. The maximum absolute atomic E-state index is 11.2. The van der Waals surface area contributed by atoms with Gasteiger partial charge in [0.1, 0.15) is 5.01 Å². The minimum absolute atomic E-state index is 0.274. The highest BCUT2D eigenvalue weighted by Gasteiger charge is 2.13. The minimum Gasteiger partial charge on any atom is -0.369 e. The number of primary amides is 1. The molecule has 2 aromatic rings. The molecule has 21 heavy (non-hydrogen) atoms. The number of hydrogen-bond donors (Lipinski definition) is 1. The molecule has 0 unspecified atom stereocenters. The van der Waals surface area contributed by atoms with Crippen molar-refractivity contribution in [3.63, 3.8) is 0 Å². The smallest absolute Gasteiger partial charge is 0.231 e. The Morgan fingerprint density at radius 1 is 1.33 bits per heavy atom. The van der Waals surface area contributed by atoms with E-state index in [0.29, 0.717) is 12.5 Å². The molecule has 1 aromatic carbocycles. The van der Waals surface area contributed by atoms with Crippen LogP contribution in [0.2, 0.25) is 0 Å². The summed E-state index contributed by atoms with van der Waals surface area (Å²) in [6, 6.07) is 10.1. The molecule has 0 aliphatic carbocycles. The lowest BCUT2D eigenvalue weighted by atomic mass is 10.2. The fourth-order valence-electron chi connectivity index (χ4n) is 2.24. The van der Waals surface area contributed by atoms with Gasteiger partial charge in [0, 0.05) is 24.0 Å². The molecule has 0 spiro atoms. The Kier molecular flexibility index (Phi) is 5.47. The highest BCUT2D eigenvalue weighted by atomic mass is 32.1. The zero-order chi connectivity index (χ0) is 15.2. The number of amides is 1. The average Bonchev–Trinajstić information content (AvgIpc) is 2.86. The number of benzene rings is 1. The van der Waals surface area contributed by atoms with Gasteiger partial charge >= 0.3 is 0 Å². The number of nitrogens with zero attached hydrogens (tertiary/aromatic N) is 2. The van der Waals surface area contributed by atoms with Gasteiger partial charge in [-0.1, -0.05) is 44.2 Å². The molecule has 112 valence electrons. The summed E-state index contributed by atoms with van der Waals surface area (Å²) >= 11 is 1.63. The molecular formula is C16H21N3OS. The van der Waals surface area contributed by atoms with Crippen molar-refractivity contribution in [3.05, 3.63) is 41.4 Å². The van der Waals surface area contributed by atoms with Crippen molar-refractivity contribution in [1.82, 2.24) is 9.88 Å². The maximum atomic E-state index is 11.2. The minimum atomic E-state index is -0.297. The quantitative estimate of drug-likeness (QED) is 0.855. The Hall–Kier alpha value is -1.72. The van der Waals surface area contributed by atoms with E-state index in [0.717, 1.165) is 22.8 Å². The van der Waals surface area contributed by atoms with Gasteiger partial charge in [-0.2, -0.15) is 0 Å². The van der Waals surface area contributed by atoms with E-state index >= 15 is 0 Å². The van der Waals surface area contributed by atoms with Crippen LogP contribution in [-0.2, 0) is 11.3 Å². The van der Waals surface area contributed by atoms with Gasteiger partial charge in [-0.05, 0) is 5.92 Å². The maximum Gasteiger partial charge on any atom is 0.231 e. The molecule has 1 heterocycles. The monoisotopic (exact) mass is 303 g/mol. The Balaban J connectivity index is 2.07. The summed E-state index contributed by atoms with van der Waals surface area (Å²) in [5.74, 6) is 0.186. The van der Waals surface area contributed by atoms with E-state index in [1.807, 2.05) is 18.2 Å².